The zero-order valence-electron chi connectivity index (χ0n) is 15.5. The van der Waals surface area contributed by atoms with Crippen molar-refractivity contribution in [2.75, 3.05) is 0 Å². The van der Waals surface area contributed by atoms with Crippen LogP contribution in [0.15, 0.2) is 78.9 Å². The highest BCUT2D eigenvalue weighted by atomic mass is 16.3. The highest BCUT2D eigenvalue weighted by Gasteiger charge is 2.39. The third-order valence-electron chi connectivity index (χ3n) is 6.06. The normalized spacial score (nSPS) is 18.9. The molecule has 1 unspecified atom stereocenters. The SMILES string of the molecule is Oc1ccc(C2(c3ccc(O)cc3)CCCC(Cc3ccccc3)C2)cc1. The van der Waals surface area contributed by atoms with Gasteiger partial charge in [0.15, 0.2) is 0 Å². The van der Waals surface area contributed by atoms with Crippen molar-refractivity contribution in [3.05, 3.63) is 95.6 Å². The van der Waals surface area contributed by atoms with Crippen LogP contribution in [0.5, 0.6) is 11.5 Å². The number of phenols is 2. The molecular weight excluding hydrogens is 332 g/mol. The second kappa shape index (κ2) is 7.48. The Bertz CT molecular complexity index is 821. The molecule has 0 aromatic heterocycles. The van der Waals surface area contributed by atoms with Crippen molar-refractivity contribution < 1.29 is 10.2 Å². The lowest BCUT2D eigenvalue weighted by Gasteiger charge is -2.42. The van der Waals surface area contributed by atoms with E-state index in [4.69, 9.17) is 0 Å². The van der Waals surface area contributed by atoms with E-state index >= 15 is 0 Å². The molecule has 27 heavy (non-hydrogen) atoms. The summed E-state index contributed by atoms with van der Waals surface area (Å²) in [6, 6.07) is 26.2. The molecule has 2 nitrogen and oxygen atoms in total. The van der Waals surface area contributed by atoms with E-state index in [1.165, 1.54) is 29.5 Å². The Labute approximate surface area is 161 Å². The van der Waals surface area contributed by atoms with Gasteiger partial charge in [-0.2, -0.15) is 0 Å². The van der Waals surface area contributed by atoms with Crippen LogP contribution in [-0.4, -0.2) is 10.2 Å². The second-order valence-corrected chi connectivity index (χ2v) is 7.83. The monoisotopic (exact) mass is 358 g/mol. The van der Waals surface area contributed by atoms with Crippen LogP contribution in [0, 0.1) is 5.92 Å². The number of rotatable bonds is 4. The van der Waals surface area contributed by atoms with Crippen molar-refractivity contribution in [2.45, 2.75) is 37.5 Å². The Morgan fingerprint density at radius 1 is 0.741 bits per heavy atom. The van der Waals surface area contributed by atoms with Gasteiger partial charge < -0.3 is 10.2 Å². The average molecular weight is 358 g/mol. The summed E-state index contributed by atoms with van der Waals surface area (Å²) in [4.78, 5) is 0. The minimum absolute atomic E-state index is 0.0703. The Morgan fingerprint density at radius 3 is 1.85 bits per heavy atom. The summed E-state index contributed by atoms with van der Waals surface area (Å²) in [7, 11) is 0. The van der Waals surface area contributed by atoms with Gasteiger partial charge in [-0.25, -0.2) is 0 Å². The number of benzene rings is 3. The lowest BCUT2D eigenvalue weighted by atomic mass is 9.61. The van der Waals surface area contributed by atoms with E-state index in [2.05, 4.69) is 54.6 Å². The smallest absolute Gasteiger partial charge is 0.115 e. The summed E-state index contributed by atoms with van der Waals surface area (Å²) < 4.78 is 0. The van der Waals surface area contributed by atoms with E-state index in [0.29, 0.717) is 17.4 Å². The van der Waals surface area contributed by atoms with Gasteiger partial charge in [-0.05, 0) is 66.1 Å². The molecular formula is C25H26O2. The van der Waals surface area contributed by atoms with E-state index in [1.54, 1.807) is 24.3 Å². The van der Waals surface area contributed by atoms with E-state index in [0.717, 1.165) is 19.3 Å². The molecule has 2 N–H and O–H groups in total. The molecule has 0 bridgehead atoms. The van der Waals surface area contributed by atoms with Gasteiger partial charge in [0.1, 0.15) is 11.5 Å². The van der Waals surface area contributed by atoms with E-state index in [-0.39, 0.29) is 5.41 Å². The molecule has 0 amide bonds. The number of hydrogen-bond donors (Lipinski definition) is 2. The van der Waals surface area contributed by atoms with Gasteiger partial charge in [0, 0.05) is 5.41 Å². The zero-order chi connectivity index (χ0) is 18.7. The van der Waals surface area contributed by atoms with Crippen LogP contribution in [0.3, 0.4) is 0 Å². The Balaban J connectivity index is 1.71. The molecule has 1 aliphatic rings. The molecule has 2 heteroatoms. The van der Waals surface area contributed by atoms with Gasteiger partial charge in [0.25, 0.3) is 0 Å². The fourth-order valence-electron chi connectivity index (χ4n) is 4.76. The van der Waals surface area contributed by atoms with Crippen LogP contribution < -0.4 is 0 Å². The molecule has 0 heterocycles. The van der Waals surface area contributed by atoms with E-state index in [9.17, 15) is 10.2 Å². The quantitative estimate of drug-likeness (QED) is 0.617. The first-order valence-corrected chi connectivity index (χ1v) is 9.79. The molecule has 1 saturated carbocycles. The first-order valence-electron chi connectivity index (χ1n) is 9.79. The predicted octanol–water partition coefficient (Wildman–Crippen LogP) is 5.82. The van der Waals surface area contributed by atoms with Crippen molar-refractivity contribution in [2.24, 2.45) is 5.92 Å². The first kappa shape index (κ1) is 17.7. The van der Waals surface area contributed by atoms with Crippen molar-refractivity contribution in [1.29, 1.82) is 0 Å². The maximum absolute atomic E-state index is 9.76. The predicted molar refractivity (Wildman–Crippen MR) is 109 cm³/mol. The van der Waals surface area contributed by atoms with Gasteiger partial charge in [0.05, 0.1) is 0 Å². The molecule has 1 fully saturated rings. The molecule has 0 saturated heterocycles. The molecule has 3 aromatic carbocycles. The highest BCUT2D eigenvalue weighted by molar-refractivity contribution is 5.43. The van der Waals surface area contributed by atoms with Crippen LogP contribution in [0.4, 0.5) is 0 Å². The summed E-state index contributed by atoms with van der Waals surface area (Å²) in [5, 5.41) is 19.5. The summed E-state index contributed by atoms with van der Waals surface area (Å²) in [6.45, 7) is 0. The Hall–Kier alpha value is -2.74. The lowest BCUT2D eigenvalue weighted by Crippen LogP contribution is -2.35. The average Bonchev–Trinajstić information content (AvgIpc) is 2.70. The van der Waals surface area contributed by atoms with Crippen molar-refractivity contribution >= 4 is 0 Å². The number of phenolic OH excluding ortho intramolecular Hbond substituents is 2. The largest absolute Gasteiger partial charge is 0.508 e. The van der Waals surface area contributed by atoms with Crippen LogP contribution in [0.1, 0.15) is 42.4 Å². The molecule has 1 atom stereocenters. The third kappa shape index (κ3) is 3.71. The minimum Gasteiger partial charge on any atom is -0.508 e. The van der Waals surface area contributed by atoms with Crippen LogP contribution >= 0.6 is 0 Å². The first-order chi connectivity index (χ1) is 13.2. The molecule has 0 aliphatic heterocycles. The maximum atomic E-state index is 9.76. The van der Waals surface area contributed by atoms with Crippen LogP contribution in [-0.2, 0) is 11.8 Å². The Morgan fingerprint density at radius 2 is 1.30 bits per heavy atom. The summed E-state index contributed by atoms with van der Waals surface area (Å²) in [5.41, 5.74) is 3.83. The fourth-order valence-corrected chi connectivity index (χ4v) is 4.76. The van der Waals surface area contributed by atoms with Crippen LogP contribution in [0.2, 0.25) is 0 Å². The topological polar surface area (TPSA) is 40.5 Å². The van der Waals surface area contributed by atoms with Gasteiger partial charge in [-0.3, -0.25) is 0 Å². The number of hydrogen-bond acceptors (Lipinski definition) is 2. The standard InChI is InChI=1S/C25H26O2/c26-23-12-8-21(9-13-23)25(22-10-14-24(27)15-11-22)16-4-7-20(18-25)17-19-5-2-1-3-6-19/h1-3,5-6,8-15,20,26-27H,4,7,16-18H2. The highest BCUT2D eigenvalue weighted by Crippen LogP contribution is 2.48. The summed E-state index contributed by atoms with van der Waals surface area (Å²) in [5.74, 6) is 1.22. The molecule has 0 spiro atoms. The summed E-state index contributed by atoms with van der Waals surface area (Å²) >= 11 is 0. The van der Waals surface area contributed by atoms with Crippen LogP contribution in [0.25, 0.3) is 0 Å². The molecule has 138 valence electrons. The van der Waals surface area contributed by atoms with Gasteiger partial charge in [-0.1, -0.05) is 67.4 Å². The molecule has 0 radical (unpaired) electrons. The number of aromatic hydroxyl groups is 2. The summed E-state index contributed by atoms with van der Waals surface area (Å²) in [6.07, 6.45) is 5.69. The zero-order valence-corrected chi connectivity index (χ0v) is 15.5. The van der Waals surface area contributed by atoms with E-state index < -0.39 is 0 Å². The van der Waals surface area contributed by atoms with E-state index in [1.807, 2.05) is 0 Å². The van der Waals surface area contributed by atoms with Crippen molar-refractivity contribution in [1.82, 2.24) is 0 Å². The van der Waals surface area contributed by atoms with Gasteiger partial charge in [0.2, 0.25) is 0 Å². The lowest BCUT2D eigenvalue weighted by molar-refractivity contribution is 0.255. The maximum Gasteiger partial charge on any atom is 0.115 e. The molecule has 3 aromatic rings. The van der Waals surface area contributed by atoms with Gasteiger partial charge in [-0.15, -0.1) is 0 Å². The second-order valence-electron chi connectivity index (χ2n) is 7.83. The Kier molecular flexibility index (Phi) is 4.89. The minimum atomic E-state index is -0.0703. The molecule has 1 aliphatic carbocycles. The molecule has 4 rings (SSSR count). The van der Waals surface area contributed by atoms with Gasteiger partial charge >= 0.3 is 0 Å². The fraction of sp³-hybridized carbons (Fsp3) is 0.280. The van der Waals surface area contributed by atoms with Crippen molar-refractivity contribution in [3.8, 4) is 11.5 Å². The van der Waals surface area contributed by atoms with Crippen molar-refractivity contribution in [3.63, 3.8) is 0 Å². The third-order valence-corrected chi connectivity index (χ3v) is 6.06.